The SMILES string of the molecule is CC(C)(F)c1c(F)cccc1CNO. The summed E-state index contributed by atoms with van der Waals surface area (Å²) in [5, 5.41) is 8.51. The highest BCUT2D eigenvalue weighted by atomic mass is 19.1. The maximum atomic E-state index is 13.6. The Morgan fingerprint density at radius 1 is 1.43 bits per heavy atom. The Labute approximate surface area is 81.5 Å². The maximum Gasteiger partial charge on any atom is 0.133 e. The van der Waals surface area contributed by atoms with Crippen LogP contribution in [0.3, 0.4) is 0 Å². The summed E-state index contributed by atoms with van der Waals surface area (Å²) >= 11 is 0. The summed E-state index contributed by atoms with van der Waals surface area (Å²) in [5.41, 5.74) is 0.542. The predicted octanol–water partition coefficient (Wildman–Crippen LogP) is 2.51. The first-order valence-corrected chi connectivity index (χ1v) is 4.30. The number of alkyl halides is 1. The monoisotopic (exact) mass is 201 g/mol. The van der Waals surface area contributed by atoms with Crippen LogP contribution in [0.2, 0.25) is 0 Å². The van der Waals surface area contributed by atoms with Crippen LogP contribution in [0.25, 0.3) is 0 Å². The molecule has 0 fully saturated rings. The minimum absolute atomic E-state index is 0.0125. The zero-order valence-electron chi connectivity index (χ0n) is 8.14. The first-order valence-electron chi connectivity index (χ1n) is 4.30. The van der Waals surface area contributed by atoms with Crippen molar-refractivity contribution in [3.8, 4) is 0 Å². The molecule has 1 rings (SSSR count). The van der Waals surface area contributed by atoms with E-state index in [0.29, 0.717) is 5.56 Å². The van der Waals surface area contributed by atoms with Crippen LogP contribution in [-0.2, 0) is 12.2 Å². The number of hydrogen-bond donors (Lipinski definition) is 2. The zero-order valence-corrected chi connectivity index (χ0v) is 8.14. The first kappa shape index (κ1) is 11.1. The van der Waals surface area contributed by atoms with Crippen LogP contribution >= 0.6 is 0 Å². The van der Waals surface area contributed by atoms with Crippen molar-refractivity contribution in [2.75, 3.05) is 0 Å². The summed E-state index contributed by atoms with van der Waals surface area (Å²) in [6.45, 7) is 2.60. The molecule has 0 aliphatic rings. The highest BCUT2D eigenvalue weighted by molar-refractivity contribution is 5.32. The van der Waals surface area contributed by atoms with E-state index in [1.54, 1.807) is 6.07 Å². The molecule has 0 atom stereocenters. The molecule has 0 spiro atoms. The van der Waals surface area contributed by atoms with Crippen molar-refractivity contribution in [3.63, 3.8) is 0 Å². The van der Waals surface area contributed by atoms with Crippen LogP contribution in [0, 0.1) is 5.82 Å². The average Bonchev–Trinajstić information content (AvgIpc) is 2.02. The molecule has 0 aliphatic heterocycles. The molecule has 1 aromatic rings. The molecule has 2 nitrogen and oxygen atoms in total. The lowest BCUT2D eigenvalue weighted by Gasteiger charge is -2.19. The van der Waals surface area contributed by atoms with Gasteiger partial charge in [-0.15, -0.1) is 0 Å². The van der Waals surface area contributed by atoms with Crippen LogP contribution in [-0.4, -0.2) is 5.21 Å². The molecule has 1 aromatic carbocycles. The first-order chi connectivity index (χ1) is 6.46. The van der Waals surface area contributed by atoms with E-state index in [1.807, 2.05) is 5.48 Å². The molecular weight excluding hydrogens is 188 g/mol. The summed E-state index contributed by atoms with van der Waals surface area (Å²) in [4.78, 5) is 0. The Hall–Kier alpha value is -1.00. The molecule has 4 heteroatoms. The van der Waals surface area contributed by atoms with Gasteiger partial charge in [0.2, 0.25) is 0 Å². The van der Waals surface area contributed by atoms with Gasteiger partial charge in [0.1, 0.15) is 11.5 Å². The highest BCUT2D eigenvalue weighted by Gasteiger charge is 2.25. The maximum absolute atomic E-state index is 13.6. The van der Waals surface area contributed by atoms with Crippen molar-refractivity contribution in [3.05, 3.63) is 35.1 Å². The Morgan fingerprint density at radius 2 is 2.07 bits per heavy atom. The third-order valence-corrected chi connectivity index (χ3v) is 1.96. The van der Waals surface area contributed by atoms with Crippen molar-refractivity contribution in [1.82, 2.24) is 5.48 Å². The quantitative estimate of drug-likeness (QED) is 0.736. The topological polar surface area (TPSA) is 32.3 Å². The second-order valence-electron chi connectivity index (χ2n) is 3.58. The molecule has 0 aromatic heterocycles. The number of hydroxylamine groups is 1. The van der Waals surface area contributed by atoms with Gasteiger partial charge in [-0.25, -0.2) is 14.3 Å². The molecule has 0 saturated heterocycles. The average molecular weight is 201 g/mol. The van der Waals surface area contributed by atoms with Gasteiger partial charge in [-0.2, -0.15) is 0 Å². The molecular formula is C10H13F2NO. The standard InChI is InChI=1S/C10H13F2NO/c1-10(2,12)9-7(6-13-14)4-3-5-8(9)11/h3-5,13-14H,6H2,1-2H3. The molecule has 14 heavy (non-hydrogen) atoms. The Morgan fingerprint density at radius 3 is 2.57 bits per heavy atom. The van der Waals surface area contributed by atoms with Gasteiger partial charge >= 0.3 is 0 Å². The predicted molar refractivity (Wildman–Crippen MR) is 49.2 cm³/mol. The van der Waals surface area contributed by atoms with E-state index < -0.39 is 11.5 Å². The van der Waals surface area contributed by atoms with Gasteiger partial charge in [-0.1, -0.05) is 12.1 Å². The van der Waals surface area contributed by atoms with E-state index in [9.17, 15) is 8.78 Å². The second-order valence-corrected chi connectivity index (χ2v) is 3.58. The lowest BCUT2D eigenvalue weighted by Crippen LogP contribution is -2.18. The third-order valence-electron chi connectivity index (χ3n) is 1.96. The van der Waals surface area contributed by atoms with E-state index in [2.05, 4.69) is 0 Å². The smallest absolute Gasteiger partial charge is 0.133 e. The third kappa shape index (κ3) is 2.27. The van der Waals surface area contributed by atoms with E-state index in [4.69, 9.17) is 5.21 Å². The summed E-state index contributed by atoms with van der Waals surface area (Å²) < 4.78 is 26.9. The number of nitrogens with one attached hydrogen (secondary N) is 1. The highest BCUT2D eigenvalue weighted by Crippen LogP contribution is 2.30. The fraction of sp³-hybridized carbons (Fsp3) is 0.400. The van der Waals surface area contributed by atoms with E-state index in [-0.39, 0.29) is 12.1 Å². The summed E-state index contributed by atoms with van der Waals surface area (Å²) in [6.07, 6.45) is 0. The lowest BCUT2D eigenvalue weighted by molar-refractivity contribution is 0.157. The number of halogens is 2. The fourth-order valence-electron chi connectivity index (χ4n) is 1.47. The Kier molecular flexibility index (Phi) is 3.18. The molecule has 0 unspecified atom stereocenters. The van der Waals surface area contributed by atoms with Crippen molar-refractivity contribution >= 4 is 0 Å². The molecule has 78 valence electrons. The minimum atomic E-state index is -1.75. The zero-order chi connectivity index (χ0) is 10.8. The normalized spacial score (nSPS) is 11.8. The summed E-state index contributed by atoms with van der Waals surface area (Å²) in [7, 11) is 0. The molecule has 0 aliphatic carbocycles. The van der Waals surface area contributed by atoms with Gasteiger partial charge < -0.3 is 5.21 Å². The number of rotatable bonds is 3. The number of hydrogen-bond acceptors (Lipinski definition) is 2. The van der Waals surface area contributed by atoms with Gasteiger partial charge in [-0.3, -0.25) is 0 Å². The molecule has 0 amide bonds. The van der Waals surface area contributed by atoms with Crippen molar-refractivity contribution in [1.29, 1.82) is 0 Å². The van der Waals surface area contributed by atoms with Crippen molar-refractivity contribution < 1.29 is 14.0 Å². The van der Waals surface area contributed by atoms with Gasteiger partial charge in [0.15, 0.2) is 0 Å². The second kappa shape index (κ2) is 4.02. The van der Waals surface area contributed by atoms with Crippen molar-refractivity contribution in [2.45, 2.75) is 26.1 Å². The van der Waals surface area contributed by atoms with Crippen LogP contribution in [0.15, 0.2) is 18.2 Å². The van der Waals surface area contributed by atoms with Crippen molar-refractivity contribution in [2.24, 2.45) is 0 Å². The van der Waals surface area contributed by atoms with E-state index >= 15 is 0 Å². The fourth-order valence-corrected chi connectivity index (χ4v) is 1.47. The molecule has 0 radical (unpaired) electrons. The minimum Gasteiger partial charge on any atom is -0.316 e. The summed E-state index contributed by atoms with van der Waals surface area (Å²) in [6, 6.07) is 4.26. The largest absolute Gasteiger partial charge is 0.316 e. The number of benzene rings is 1. The Bertz CT molecular complexity index is 320. The molecule has 2 N–H and O–H groups in total. The van der Waals surface area contributed by atoms with Crippen LogP contribution in [0.1, 0.15) is 25.0 Å². The van der Waals surface area contributed by atoms with E-state index in [1.165, 1.54) is 26.0 Å². The van der Waals surface area contributed by atoms with Gasteiger partial charge in [0, 0.05) is 12.1 Å². The molecule has 0 bridgehead atoms. The van der Waals surface area contributed by atoms with E-state index in [0.717, 1.165) is 0 Å². The van der Waals surface area contributed by atoms with Crippen LogP contribution < -0.4 is 5.48 Å². The molecule has 0 saturated carbocycles. The van der Waals surface area contributed by atoms with Gasteiger partial charge in [-0.05, 0) is 25.5 Å². The van der Waals surface area contributed by atoms with Gasteiger partial charge in [0.05, 0.1) is 0 Å². The summed E-state index contributed by atoms with van der Waals surface area (Å²) in [5.74, 6) is -0.592. The van der Waals surface area contributed by atoms with Gasteiger partial charge in [0.25, 0.3) is 0 Å². The van der Waals surface area contributed by atoms with Crippen LogP contribution in [0.5, 0.6) is 0 Å². The molecule has 0 heterocycles. The van der Waals surface area contributed by atoms with Crippen LogP contribution in [0.4, 0.5) is 8.78 Å². The Balaban J connectivity index is 3.22. The lowest BCUT2D eigenvalue weighted by atomic mass is 9.94.